The van der Waals surface area contributed by atoms with Gasteiger partial charge < -0.3 is 4.90 Å². The zero-order chi connectivity index (χ0) is 7.56. The highest BCUT2D eigenvalue weighted by molar-refractivity contribution is 4.83. The summed E-state index contributed by atoms with van der Waals surface area (Å²) in [5, 5.41) is 0. The highest BCUT2D eigenvalue weighted by Gasteiger charge is 2.28. The van der Waals surface area contributed by atoms with Crippen molar-refractivity contribution in [3.63, 3.8) is 0 Å². The maximum Gasteiger partial charge on any atom is 0.0130 e. The minimum atomic E-state index is 0.903. The molecule has 1 fully saturated rings. The highest BCUT2D eigenvalue weighted by Crippen LogP contribution is 2.25. The Kier molecular flexibility index (Phi) is 2.72. The predicted octanol–water partition coefficient (Wildman–Crippen LogP) is 2.13. The summed E-state index contributed by atoms with van der Waals surface area (Å²) in [4.78, 5) is 2.47. The molecule has 0 aliphatic carbocycles. The van der Waals surface area contributed by atoms with Crippen LogP contribution >= 0.6 is 0 Å². The molecule has 1 nitrogen and oxygen atoms in total. The smallest absolute Gasteiger partial charge is 0.0130 e. The zero-order valence-corrected chi connectivity index (χ0v) is 7.43. The maximum absolute atomic E-state index is 2.47. The van der Waals surface area contributed by atoms with Crippen LogP contribution in [0.25, 0.3) is 0 Å². The van der Waals surface area contributed by atoms with E-state index in [0.29, 0.717) is 0 Å². The van der Waals surface area contributed by atoms with Crippen molar-refractivity contribution in [2.24, 2.45) is 5.92 Å². The largest absolute Gasteiger partial charge is 0.303 e. The van der Waals surface area contributed by atoms with Crippen LogP contribution in [0.2, 0.25) is 0 Å². The third-order valence-corrected chi connectivity index (χ3v) is 2.74. The van der Waals surface area contributed by atoms with Gasteiger partial charge in [-0.1, -0.05) is 20.3 Å². The first kappa shape index (κ1) is 8.06. The van der Waals surface area contributed by atoms with Crippen LogP contribution in [0.1, 0.15) is 33.1 Å². The van der Waals surface area contributed by atoms with Crippen molar-refractivity contribution in [3.8, 4) is 0 Å². The lowest BCUT2D eigenvalue weighted by Gasteiger charge is -2.42. The monoisotopic (exact) mass is 141 g/mol. The van der Waals surface area contributed by atoms with Crippen molar-refractivity contribution in [3.05, 3.63) is 0 Å². The van der Waals surface area contributed by atoms with Gasteiger partial charge in [0.2, 0.25) is 0 Å². The van der Waals surface area contributed by atoms with Crippen molar-refractivity contribution in [1.29, 1.82) is 0 Å². The fraction of sp³-hybridized carbons (Fsp3) is 1.00. The molecule has 0 N–H and O–H groups in total. The van der Waals surface area contributed by atoms with Gasteiger partial charge in [0.15, 0.2) is 0 Å². The van der Waals surface area contributed by atoms with Gasteiger partial charge >= 0.3 is 0 Å². The lowest BCUT2D eigenvalue weighted by molar-refractivity contribution is 0.0759. The molecule has 0 saturated carbocycles. The second-order valence-corrected chi connectivity index (χ2v) is 3.60. The number of likely N-dealkylation sites (tertiary alicyclic amines) is 1. The van der Waals surface area contributed by atoms with Gasteiger partial charge in [-0.05, 0) is 32.4 Å². The lowest BCUT2D eigenvalue weighted by atomic mass is 9.88. The van der Waals surface area contributed by atoms with E-state index < -0.39 is 0 Å². The molecule has 1 saturated heterocycles. The summed E-state index contributed by atoms with van der Waals surface area (Å²) in [6, 6.07) is 0.903. The SMILES string of the molecule is CCCC(C)C1CCN1C. The molecule has 1 heterocycles. The van der Waals surface area contributed by atoms with E-state index in [2.05, 4.69) is 25.8 Å². The van der Waals surface area contributed by atoms with E-state index in [1.54, 1.807) is 0 Å². The molecule has 0 bridgehead atoms. The van der Waals surface area contributed by atoms with Gasteiger partial charge in [0, 0.05) is 6.04 Å². The number of hydrogen-bond donors (Lipinski definition) is 0. The minimum absolute atomic E-state index is 0.903. The Morgan fingerprint density at radius 1 is 1.60 bits per heavy atom. The highest BCUT2D eigenvalue weighted by atomic mass is 15.2. The van der Waals surface area contributed by atoms with Crippen molar-refractivity contribution < 1.29 is 0 Å². The minimum Gasteiger partial charge on any atom is -0.303 e. The molecule has 0 amide bonds. The summed E-state index contributed by atoms with van der Waals surface area (Å²) in [5.41, 5.74) is 0. The third kappa shape index (κ3) is 1.51. The molecule has 0 spiro atoms. The summed E-state index contributed by atoms with van der Waals surface area (Å²) < 4.78 is 0. The summed E-state index contributed by atoms with van der Waals surface area (Å²) >= 11 is 0. The van der Waals surface area contributed by atoms with Crippen LogP contribution in [0.15, 0.2) is 0 Å². The van der Waals surface area contributed by atoms with Gasteiger partial charge in [0.25, 0.3) is 0 Å². The Hall–Kier alpha value is -0.0400. The summed E-state index contributed by atoms with van der Waals surface area (Å²) in [6.07, 6.45) is 4.16. The molecule has 0 aromatic rings. The fourth-order valence-electron chi connectivity index (χ4n) is 1.90. The van der Waals surface area contributed by atoms with E-state index in [9.17, 15) is 0 Å². The van der Waals surface area contributed by atoms with Crippen LogP contribution < -0.4 is 0 Å². The van der Waals surface area contributed by atoms with Crippen LogP contribution in [0.3, 0.4) is 0 Å². The second-order valence-electron chi connectivity index (χ2n) is 3.60. The van der Waals surface area contributed by atoms with Crippen LogP contribution in [0.5, 0.6) is 0 Å². The molecule has 0 aromatic carbocycles. The summed E-state index contributed by atoms with van der Waals surface area (Å²) in [6.45, 7) is 5.97. The Balaban J connectivity index is 2.20. The van der Waals surface area contributed by atoms with E-state index in [1.165, 1.54) is 25.8 Å². The normalized spacial score (nSPS) is 29.7. The average molecular weight is 141 g/mol. The van der Waals surface area contributed by atoms with Crippen molar-refractivity contribution >= 4 is 0 Å². The molecule has 10 heavy (non-hydrogen) atoms. The lowest BCUT2D eigenvalue weighted by Crippen LogP contribution is -2.48. The van der Waals surface area contributed by atoms with E-state index in [1.807, 2.05) is 0 Å². The van der Waals surface area contributed by atoms with Gasteiger partial charge in [0.05, 0.1) is 0 Å². The fourth-order valence-corrected chi connectivity index (χ4v) is 1.90. The Labute approximate surface area is 64.4 Å². The first-order chi connectivity index (χ1) is 4.75. The van der Waals surface area contributed by atoms with Crippen molar-refractivity contribution in [2.45, 2.75) is 39.2 Å². The number of hydrogen-bond acceptors (Lipinski definition) is 1. The molecule has 0 aromatic heterocycles. The molecule has 2 atom stereocenters. The quantitative estimate of drug-likeness (QED) is 0.582. The number of nitrogens with zero attached hydrogens (tertiary/aromatic N) is 1. The molecule has 1 aliphatic heterocycles. The first-order valence-corrected chi connectivity index (χ1v) is 4.46. The van der Waals surface area contributed by atoms with E-state index >= 15 is 0 Å². The zero-order valence-electron chi connectivity index (χ0n) is 7.43. The van der Waals surface area contributed by atoms with Crippen LogP contribution in [0, 0.1) is 5.92 Å². The standard InChI is InChI=1S/C9H19N/c1-4-5-8(2)9-6-7-10(9)3/h8-9H,4-7H2,1-3H3. The summed E-state index contributed by atoms with van der Waals surface area (Å²) in [7, 11) is 2.24. The average Bonchev–Trinajstić information content (AvgIpc) is 1.85. The number of rotatable bonds is 3. The molecular formula is C9H19N. The van der Waals surface area contributed by atoms with Gasteiger partial charge in [-0.3, -0.25) is 0 Å². The molecule has 0 radical (unpaired) electrons. The van der Waals surface area contributed by atoms with Crippen LogP contribution in [-0.2, 0) is 0 Å². The van der Waals surface area contributed by atoms with Crippen molar-refractivity contribution in [1.82, 2.24) is 4.90 Å². The van der Waals surface area contributed by atoms with Crippen molar-refractivity contribution in [2.75, 3.05) is 13.6 Å². The molecule has 60 valence electrons. The predicted molar refractivity (Wildman–Crippen MR) is 45.1 cm³/mol. The molecule has 1 aliphatic rings. The van der Waals surface area contributed by atoms with Gasteiger partial charge in [-0.15, -0.1) is 0 Å². The molecule has 1 rings (SSSR count). The summed E-state index contributed by atoms with van der Waals surface area (Å²) in [5.74, 6) is 0.920. The Bertz CT molecular complexity index is 101. The molecule has 2 unspecified atom stereocenters. The van der Waals surface area contributed by atoms with Gasteiger partial charge in [0.1, 0.15) is 0 Å². The van der Waals surface area contributed by atoms with Gasteiger partial charge in [-0.2, -0.15) is 0 Å². The molecular weight excluding hydrogens is 122 g/mol. The van der Waals surface area contributed by atoms with E-state index in [4.69, 9.17) is 0 Å². The van der Waals surface area contributed by atoms with Gasteiger partial charge in [-0.25, -0.2) is 0 Å². The van der Waals surface area contributed by atoms with Crippen LogP contribution in [-0.4, -0.2) is 24.5 Å². The van der Waals surface area contributed by atoms with E-state index in [-0.39, 0.29) is 0 Å². The Morgan fingerprint density at radius 3 is 2.60 bits per heavy atom. The molecule has 1 heteroatoms. The second kappa shape index (κ2) is 3.38. The Morgan fingerprint density at radius 2 is 2.30 bits per heavy atom. The van der Waals surface area contributed by atoms with Crippen LogP contribution in [0.4, 0.5) is 0 Å². The third-order valence-electron chi connectivity index (χ3n) is 2.74. The van der Waals surface area contributed by atoms with E-state index in [0.717, 1.165) is 12.0 Å². The topological polar surface area (TPSA) is 3.24 Å². The maximum atomic E-state index is 2.47. The first-order valence-electron chi connectivity index (χ1n) is 4.46.